The Morgan fingerprint density at radius 3 is 2.15 bits per heavy atom. The Morgan fingerprint density at radius 1 is 1.10 bits per heavy atom. The van der Waals surface area contributed by atoms with E-state index >= 15 is 0 Å². The zero-order valence-electron chi connectivity index (χ0n) is 12.3. The van der Waals surface area contributed by atoms with Crippen molar-refractivity contribution in [2.45, 2.75) is 39.2 Å². The molecule has 0 N–H and O–H groups in total. The molecule has 0 saturated carbocycles. The standard InChI is InChI=1S/C14H22N2O4/c1-14(2,3)20-13(19)16-8-10(9-16)12(18)15-6-4-11(17)5-7-15/h10H,4-9H2,1-3H3. The first kappa shape index (κ1) is 14.8. The average molecular weight is 282 g/mol. The summed E-state index contributed by atoms with van der Waals surface area (Å²) in [6.45, 7) is 7.31. The second-order valence-electron chi connectivity index (χ2n) is 6.45. The lowest BCUT2D eigenvalue weighted by molar-refractivity contribution is -0.142. The van der Waals surface area contributed by atoms with E-state index in [0.717, 1.165) is 0 Å². The highest BCUT2D eigenvalue weighted by molar-refractivity contribution is 5.86. The van der Waals surface area contributed by atoms with E-state index < -0.39 is 5.60 Å². The number of nitrogens with zero attached hydrogens (tertiary/aromatic N) is 2. The van der Waals surface area contributed by atoms with Crippen molar-refractivity contribution < 1.29 is 19.1 Å². The molecule has 0 atom stereocenters. The third-order valence-electron chi connectivity index (χ3n) is 3.52. The number of hydrogen-bond donors (Lipinski definition) is 0. The molecule has 0 aromatic carbocycles. The molecule has 6 heteroatoms. The molecule has 2 aliphatic heterocycles. The number of carbonyl (C=O) groups is 3. The highest BCUT2D eigenvalue weighted by Gasteiger charge is 2.40. The van der Waals surface area contributed by atoms with Crippen molar-refractivity contribution in [3.63, 3.8) is 0 Å². The van der Waals surface area contributed by atoms with Crippen LogP contribution in [0.25, 0.3) is 0 Å². The Balaban J connectivity index is 1.77. The maximum absolute atomic E-state index is 12.2. The topological polar surface area (TPSA) is 66.9 Å². The average Bonchev–Trinajstić information content (AvgIpc) is 2.25. The van der Waals surface area contributed by atoms with Gasteiger partial charge in [0.2, 0.25) is 5.91 Å². The van der Waals surface area contributed by atoms with Crippen molar-refractivity contribution in [2.24, 2.45) is 5.92 Å². The Kier molecular flexibility index (Phi) is 4.01. The molecule has 0 aromatic rings. The Morgan fingerprint density at radius 2 is 1.65 bits per heavy atom. The molecule has 6 nitrogen and oxygen atoms in total. The van der Waals surface area contributed by atoms with Gasteiger partial charge in [0.15, 0.2) is 0 Å². The van der Waals surface area contributed by atoms with Gasteiger partial charge in [-0.2, -0.15) is 0 Å². The molecule has 0 radical (unpaired) electrons. The number of carbonyl (C=O) groups excluding carboxylic acids is 3. The van der Waals surface area contributed by atoms with E-state index in [4.69, 9.17) is 4.74 Å². The quantitative estimate of drug-likeness (QED) is 0.721. The summed E-state index contributed by atoms with van der Waals surface area (Å²) in [5.41, 5.74) is -0.514. The van der Waals surface area contributed by atoms with Gasteiger partial charge in [-0.05, 0) is 20.8 Å². The molecule has 2 aliphatic rings. The number of Topliss-reactive ketones (excluding diaryl/α,β-unsaturated/α-hetero) is 1. The van der Waals surface area contributed by atoms with Gasteiger partial charge >= 0.3 is 6.09 Å². The predicted molar refractivity (Wildman–Crippen MR) is 72.1 cm³/mol. The van der Waals surface area contributed by atoms with E-state index in [1.807, 2.05) is 20.8 Å². The zero-order valence-corrected chi connectivity index (χ0v) is 12.3. The van der Waals surface area contributed by atoms with Crippen molar-refractivity contribution in [3.05, 3.63) is 0 Å². The van der Waals surface area contributed by atoms with E-state index in [1.54, 1.807) is 9.80 Å². The van der Waals surface area contributed by atoms with Crippen LogP contribution in [0.15, 0.2) is 0 Å². The predicted octanol–water partition coefficient (Wildman–Crippen LogP) is 1.04. The van der Waals surface area contributed by atoms with Gasteiger partial charge < -0.3 is 14.5 Å². The third-order valence-corrected chi connectivity index (χ3v) is 3.52. The van der Waals surface area contributed by atoms with Crippen LogP contribution in [0.4, 0.5) is 4.79 Å². The first-order valence-corrected chi connectivity index (χ1v) is 7.05. The number of likely N-dealkylation sites (tertiary alicyclic amines) is 2. The number of hydrogen-bond acceptors (Lipinski definition) is 4. The SMILES string of the molecule is CC(C)(C)OC(=O)N1CC(C(=O)N2CCC(=O)CC2)C1. The van der Waals surface area contributed by atoms with Gasteiger partial charge in [0, 0.05) is 39.0 Å². The van der Waals surface area contributed by atoms with E-state index in [2.05, 4.69) is 0 Å². The van der Waals surface area contributed by atoms with Crippen molar-refractivity contribution in [1.82, 2.24) is 9.80 Å². The highest BCUT2D eigenvalue weighted by Crippen LogP contribution is 2.22. The Hall–Kier alpha value is -1.59. The lowest BCUT2D eigenvalue weighted by atomic mass is 9.97. The number of ketones is 1. The minimum absolute atomic E-state index is 0.0531. The highest BCUT2D eigenvalue weighted by atomic mass is 16.6. The fraction of sp³-hybridized carbons (Fsp3) is 0.786. The van der Waals surface area contributed by atoms with Crippen LogP contribution >= 0.6 is 0 Å². The normalized spacial score (nSPS) is 20.6. The van der Waals surface area contributed by atoms with Crippen LogP contribution in [0.3, 0.4) is 0 Å². The minimum atomic E-state index is -0.514. The summed E-state index contributed by atoms with van der Waals surface area (Å²) < 4.78 is 5.25. The maximum Gasteiger partial charge on any atom is 0.410 e. The second-order valence-corrected chi connectivity index (χ2v) is 6.45. The van der Waals surface area contributed by atoms with Gasteiger partial charge in [0.25, 0.3) is 0 Å². The maximum atomic E-state index is 12.2. The number of amides is 2. The molecule has 2 fully saturated rings. The number of piperidine rings is 1. The Bertz CT molecular complexity index is 411. The second kappa shape index (κ2) is 5.42. The molecule has 20 heavy (non-hydrogen) atoms. The summed E-state index contributed by atoms with van der Waals surface area (Å²) in [5, 5.41) is 0. The summed E-state index contributed by atoms with van der Waals surface area (Å²) in [4.78, 5) is 38.4. The van der Waals surface area contributed by atoms with Crippen molar-refractivity contribution in [1.29, 1.82) is 0 Å². The van der Waals surface area contributed by atoms with Crippen LogP contribution in [0.1, 0.15) is 33.6 Å². The molecule has 2 heterocycles. The molecule has 0 bridgehead atoms. The summed E-state index contributed by atoms with van der Waals surface area (Å²) in [6, 6.07) is 0. The van der Waals surface area contributed by atoms with Crippen molar-refractivity contribution >= 4 is 17.8 Å². The monoisotopic (exact) mass is 282 g/mol. The van der Waals surface area contributed by atoms with Crippen LogP contribution in [-0.4, -0.2) is 59.4 Å². The molecule has 0 spiro atoms. The first-order chi connectivity index (χ1) is 9.26. The zero-order chi connectivity index (χ0) is 14.9. The lowest BCUT2D eigenvalue weighted by Gasteiger charge is -2.41. The fourth-order valence-corrected chi connectivity index (χ4v) is 2.35. The van der Waals surface area contributed by atoms with Crippen LogP contribution in [-0.2, 0) is 14.3 Å². The molecule has 0 aliphatic carbocycles. The lowest BCUT2D eigenvalue weighted by Crippen LogP contribution is -2.58. The summed E-state index contributed by atoms with van der Waals surface area (Å²) >= 11 is 0. The first-order valence-electron chi connectivity index (χ1n) is 7.05. The van der Waals surface area contributed by atoms with Crippen LogP contribution in [0.5, 0.6) is 0 Å². The minimum Gasteiger partial charge on any atom is -0.444 e. The van der Waals surface area contributed by atoms with Gasteiger partial charge in [-0.25, -0.2) is 4.79 Å². The van der Waals surface area contributed by atoms with Gasteiger partial charge in [-0.1, -0.05) is 0 Å². The molecular formula is C14H22N2O4. The van der Waals surface area contributed by atoms with Crippen LogP contribution in [0, 0.1) is 5.92 Å². The van der Waals surface area contributed by atoms with E-state index in [1.165, 1.54) is 0 Å². The van der Waals surface area contributed by atoms with Crippen molar-refractivity contribution in [3.8, 4) is 0 Å². The number of rotatable bonds is 1. The smallest absolute Gasteiger partial charge is 0.410 e. The van der Waals surface area contributed by atoms with E-state index in [-0.39, 0.29) is 23.7 Å². The van der Waals surface area contributed by atoms with E-state index in [9.17, 15) is 14.4 Å². The molecule has 2 saturated heterocycles. The molecule has 0 unspecified atom stereocenters. The summed E-state index contributed by atoms with van der Waals surface area (Å²) in [6.07, 6.45) is 0.540. The number of ether oxygens (including phenoxy) is 1. The third kappa shape index (κ3) is 3.49. The Labute approximate surface area is 119 Å². The molecule has 0 aromatic heterocycles. The largest absolute Gasteiger partial charge is 0.444 e. The van der Waals surface area contributed by atoms with E-state index in [0.29, 0.717) is 39.0 Å². The fourth-order valence-electron chi connectivity index (χ4n) is 2.35. The molecule has 2 rings (SSSR count). The molecular weight excluding hydrogens is 260 g/mol. The van der Waals surface area contributed by atoms with Gasteiger partial charge in [0.1, 0.15) is 11.4 Å². The van der Waals surface area contributed by atoms with Gasteiger partial charge in [-0.15, -0.1) is 0 Å². The van der Waals surface area contributed by atoms with Crippen LogP contribution in [0.2, 0.25) is 0 Å². The molecule has 2 amide bonds. The van der Waals surface area contributed by atoms with Crippen LogP contribution < -0.4 is 0 Å². The molecule has 112 valence electrons. The van der Waals surface area contributed by atoms with Gasteiger partial charge in [-0.3, -0.25) is 9.59 Å². The van der Waals surface area contributed by atoms with Crippen molar-refractivity contribution in [2.75, 3.05) is 26.2 Å². The van der Waals surface area contributed by atoms with Gasteiger partial charge in [0.05, 0.1) is 5.92 Å². The summed E-state index contributed by atoms with van der Waals surface area (Å²) in [7, 11) is 0. The summed E-state index contributed by atoms with van der Waals surface area (Å²) in [5.74, 6) is 0.131.